The van der Waals surface area contributed by atoms with Gasteiger partial charge in [-0.3, -0.25) is 10.1 Å². The molecule has 4 nitrogen and oxygen atoms in total. The normalized spacial score (nSPS) is 12.1. The molecule has 4 heteroatoms. The van der Waals surface area contributed by atoms with E-state index in [1.54, 1.807) is 12.1 Å². The summed E-state index contributed by atoms with van der Waals surface area (Å²) in [4.78, 5) is 10.1. The average Bonchev–Trinajstić information content (AvgIpc) is 2.35. The molecule has 0 aliphatic rings. The lowest BCUT2D eigenvalue weighted by Gasteiger charge is -2.14. The highest BCUT2D eigenvalue weighted by atomic mass is 16.6. The minimum absolute atomic E-state index is 0.135. The highest BCUT2D eigenvalue weighted by Gasteiger charge is 2.05. The fourth-order valence-corrected chi connectivity index (χ4v) is 1.91. The van der Waals surface area contributed by atoms with E-state index in [1.165, 1.54) is 37.8 Å². The number of non-ortho nitro benzene ring substituents is 1. The maximum Gasteiger partial charge on any atom is 0.269 e. The minimum Gasteiger partial charge on any atom is -0.383 e. The van der Waals surface area contributed by atoms with Crippen LogP contribution in [0.4, 0.5) is 11.4 Å². The summed E-state index contributed by atoms with van der Waals surface area (Å²) in [5.41, 5.74) is 1.08. The molecular formula is C14H22N2O2. The first-order chi connectivity index (χ1) is 8.63. The lowest BCUT2D eigenvalue weighted by atomic mass is 10.1. The molecule has 0 radical (unpaired) electrons. The van der Waals surface area contributed by atoms with Crippen molar-refractivity contribution in [1.29, 1.82) is 0 Å². The number of unbranched alkanes of at least 4 members (excludes halogenated alkanes) is 3. The van der Waals surface area contributed by atoms with Crippen molar-refractivity contribution in [2.24, 2.45) is 0 Å². The van der Waals surface area contributed by atoms with Crippen molar-refractivity contribution in [3.63, 3.8) is 0 Å². The Hall–Kier alpha value is -1.58. The number of anilines is 1. The van der Waals surface area contributed by atoms with Crippen LogP contribution in [0.25, 0.3) is 0 Å². The fourth-order valence-electron chi connectivity index (χ4n) is 1.91. The van der Waals surface area contributed by atoms with E-state index in [4.69, 9.17) is 0 Å². The fraction of sp³-hybridized carbons (Fsp3) is 0.571. The topological polar surface area (TPSA) is 55.2 Å². The maximum atomic E-state index is 10.5. The molecule has 0 bridgehead atoms. The number of nitro groups is 1. The molecule has 0 spiro atoms. The molecule has 1 unspecified atom stereocenters. The van der Waals surface area contributed by atoms with Gasteiger partial charge in [0.05, 0.1) is 4.92 Å². The summed E-state index contributed by atoms with van der Waals surface area (Å²) in [6.45, 7) is 4.35. The first-order valence-corrected chi connectivity index (χ1v) is 6.64. The van der Waals surface area contributed by atoms with Crippen LogP contribution in [0.5, 0.6) is 0 Å². The van der Waals surface area contributed by atoms with E-state index in [-0.39, 0.29) is 10.6 Å². The molecule has 0 aliphatic carbocycles. The zero-order valence-corrected chi connectivity index (χ0v) is 11.2. The smallest absolute Gasteiger partial charge is 0.269 e. The van der Waals surface area contributed by atoms with Gasteiger partial charge in [0.15, 0.2) is 0 Å². The zero-order valence-electron chi connectivity index (χ0n) is 11.2. The van der Waals surface area contributed by atoms with Crippen LogP contribution in [-0.4, -0.2) is 11.0 Å². The summed E-state index contributed by atoms with van der Waals surface area (Å²) in [5, 5.41) is 13.9. The van der Waals surface area contributed by atoms with E-state index in [9.17, 15) is 10.1 Å². The average molecular weight is 250 g/mol. The highest BCUT2D eigenvalue weighted by molar-refractivity contribution is 5.48. The second-order valence-corrected chi connectivity index (χ2v) is 4.70. The van der Waals surface area contributed by atoms with Gasteiger partial charge >= 0.3 is 0 Å². The summed E-state index contributed by atoms with van der Waals surface area (Å²) in [6, 6.07) is 7.00. The number of hydrogen-bond donors (Lipinski definition) is 1. The summed E-state index contributed by atoms with van der Waals surface area (Å²) in [6.07, 6.45) is 6.20. The summed E-state index contributed by atoms with van der Waals surface area (Å²) >= 11 is 0. The molecule has 0 saturated carbocycles. The van der Waals surface area contributed by atoms with Crippen molar-refractivity contribution in [2.45, 2.75) is 52.0 Å². The molecule has 1 rings (SSSR count). The van der Waals surface area contributed by atoms with E-state index in [2.05, 4.69) is 19.2 Å². The summed E-state index contributed by atoms with van der Waals surface area (Å²) in [7, 11) is 0. The van der Waals surface area contributed by atoms with Crippen molar-refractivity contribution < 1.29 is 4.92 Å². The van der Waals surface area contributed by atoms with Crippen LogP contribution in [0.2, 0.25) is 0 Å². The predicted octanol–water partition coefficient (Wildman–Crippen LogP) is 4.37. The van der Waals surface area contributed by atoms with E-state index in [1.807, 2.05) is 0 Å². The van der Waals surface area contributed by atoms with Gasteiger partial charge in [-0.05, 0) is 25.5 Å². The van der Waals surface area contributed by atoms with Gasteiger partial charge in [0, 0.05) is 23.9 Å². The molecule has 0 saturated heterocycles. The Morgan fingerprint density at radius 2 is 1.89 bits per heavy atom. The molecule has 1 atom stereocenters. The monoisotopic (exact) mass is 250 g/mol. The number of rotatable bonds is 8. The Morgan fingerprint density at radius 3 is 2.44 bits per heavy atom. The molecule has 0 fully saturated rings. The number of benzene rings is 1. The number of nitro benzene ring substituents is 1. The van der Waals surface area contributed by atoms with Gasteiger partial charge in [-0.25, -0.2) is 0 Å². The van der Waals surface area contributed by atoms with Crippen LogP contribution in [0, 0.1) is 10.1 Å². The van der Waals surface area contributed by atoms with E-state index in [0.717, 1.165) is 12.1 Å². The molecule has 100 valence electrons. The quantitative estimate of drug-likeness (QED) is 0.423. The van der Waals surface area contributed by atoms with Crippen LogP contribution in [-0.2, 0) is 0 Å². The third-order valence-electron chi connectivity index (χ3n) is 2.98. The summed E-state index contributed by atoms with van der Waals surface area (Å²) < 4.78 is 0. The van der Waals surface area contributed by atoms with Crippen molar-refractivity contribution in [1.82, 2.24) is 0 Å². The molecule has 0 amide bonds. The van der Waals surface area contributed by atoms with E-state index in [0.29, 0.717) is 6.04 Å². The largest absolute Gasteiger partial charge is 0.383 e. The van der Waals surface area contributed by atoms with Gasteiger partial charge in [-0.15, -0.1) is 0 Å². The molecule has 1 aromatic carbocycles. The standard InChI is InChI=1S/C14H22N2O2/c1-3-4-5-6-7-12(2)15-13-8-10-14(11-9-13)16(17)18/h8-12,15H,3-7H2,1-2H3. The maximum absolute atomic E-state index is 10.5. The van der Waals surface area contributed by atoms with Gasteiger partial charge in [0.1, 0.15) is 0 Å². The Morgan fingerprint density at radius 1 is 1.22 bits per heavy atom. The minimum atomic E-state index is -0.377. The molecule has 0 aliphatic heterocycles. The van der Waals surface area contributed by atoms with Crippen LogP contribution in [0.15, 0.2) is 24.3 Å². The second-order valence-electron chi connectivity index (χ2n) is 4.70. The van der Waals surface area contributed by atoms with Crippen molar-refractivity contribution >= 4 is 11.4 Å². The molecule has 0 heterocycles. The molecule has 1 aromatic rings. The van der Waals surface area contributed by atoms with Crippen LogP contribution < -0.4 is 5.32 Å². The lowest BCUT2D eigenvalue weighted by Crippen LogP contribution is -2.14. The van der Waals surface area contributed by atoms with E-state index >= 15 is 0 Å². The van der Waals surface area contributed by atoms with Crippen LogP contribution >= 0.6 is 0 Å². The first kappa shape index (κ1) is 14.5. The molecule has 0 aromatic heterocycles. The first-order valence-electron chi connectivity index (χ1n) is 6.64. The highest BCUT2D eigenvalue weighted by Crippen LogP contribution is 2.17. The van der Waals surface area contributed by atoms with Gasteiger partial charge in [-0.2, -0.15) is 0 Å². The molecule has 18 heavy (non-hydrogen) atoms. The van der Waals surface area contributed by atoms with Crippen molar-refractivity contribution in [2.75, 3.05) is 5.32 Å². The Bertz CT molecular complexity index is 363. The number of hydrogen-bond acceptors (Lipinski definition) is 3. The van der Waals surface area contributed by atoms with Crippen LogP contribution in [0.3, 0.4) is 0 Å². The predicted molar refractivity (Wildman–Crippen MR) is 74.9 cm³/mol. The van der Waals surface area contributed by atoms with Gasteiger partial charge < -0.3 is 5.32 Å². The molecule has 1 N–H and O–H groups in total. The third kappa shape index (κ3) is 5.17. The van der Waals surface area contributed by atoms with Crippen LogP contribution in [0.1, 0.15) is 46.0 Å². The zero-order chi connectivity index (χ0) is 13.4. The molecular weight excluding hydrogens is 228 g/mol. The Labute approximate surface area is 109 Å². The Kier molecular flexibility index (Phi) is 6.19. The van der Waals surface area contributed by atoms with Crippen molar-refractivity contribution in [3.05, 3.63) is 34.4 Å². The van der Waals surface area contributed by atoms with Gasteiger partial charge in [0.25, 0.3) is 5.69 Å². The van der Waals surface area contributed by atoms with Crippen molar-refractivity contribution in [3.8, 4) is 0 Å². The van der Waals surface area contributed by atoms with E-state index < -0.39 is 0 Å². The van der Waals surface area contributed by atoms with Gasteiger partial charge in [0.2, 0.25) is 0 Å². The summed E-state index contributed by atoms with van der Waals surface area (Å²) in [5.74, 6) is 0. The third-order valence-corrected chi connectivity index (χ3v) is 2.98. The number of nitrogens with one attached hydrogen (secondary N) is 1. The Balaban J connectivity index is 2.35. The van der Waals surface area contributed by atoms with Gasteiger partial charge in [-0.1, -0.05) is 32.6 Å². The second kappa shape index (κ2) is 7.69. The lowest BCUT2D eigenvalue weighted by molar-refractivity contribution is -0.384. The SMILES string of the molecule is CCCCCCC(C)Nc1ccc([N+](=O)[O-])cc1. The number of nitrogens with zero attached hydrogens (tertiary/aromatic N) is 1.